The molecule has 0 radical (unpaired) electrons. The summed E-state index contributed by atoms with van der Waals surface area (Å²) < 4.78 is 10.9. The van der Waals surface area contributed by atoms with Crippen LogP contribution in [0.5, 0.6) is 11.5 Å². The normalized spacial score (nSPS) is 11.9. The summed E-state index contributed by atoms with van der Waals surface area (Å²) in [4.78, 5) is 15.4. The monoisotopic (exact) mass is 503 g/mol. The Bertz CT molecular complexity index is 1340. The van der Waals surface area contributed by atoms with Gasteiger partial charge in [0.25, 0.3) is 5.91 Å². The zero-order valence-corrected chi connectivity index (χ0v) is 20.4. The van der Waals surface area contributed by atoms with E-state index in [1.54, 1.807) is 6.07 Å². The van der Waals surface area contributed by atoms with Crippen molar-refractivity contribution in [3.63, 3.8) is 0 Å². The van der Waals surface area contributed by atoms with Crippen molar-refractivity contribution in [2.45, 2.75) is 13.0 Å². The Balaban J connectivity index is 1.38. The van der Waals surface area contributed by atoms with Gasteiger partial charge in [0.05, 0.1) is 0 Å². The van der Waals surface area contributed by atoms with Crippen LogP contribution in [0.3, 0.4) is 0 Å². The lowest BCUT2D eigenvalue weighted by Crippen LogP contribution is -2.32. The molecule has 0 aromatic heterocycles. The maximum atomic E-state index is 13.6. The van der Waals surface area contributed by atoms with Gasteiger partial charge in [-0.3, -0.25) is 4.79 Å². The fourth-order valence-corrected chi connectivity index (χ4v) is 4.61. The van der Waals surface area contributed by atoms with Gasteiger partial charge in [-0.2, -0.15) is 0 Å². The molecule has 6 heteroatoms. The van der Waals surface area contributed by atoms with Crippen LogP contribution in [0.1, 0.15) is 21.5 Å². The third-order valence-corrected chi connectivity index (χ3v) is 6.59. The van der Waals surface area contributed by atoms with Crippen molar-refractivity contribution in [2.24, 2.45) is 0 Å². The Morgan fingerprint density at radius 1 is 0.800 bits per heavy atom. The third-order valence-electron chi connectivity index (χ3n) is 6.00. The van der Waals surface area contributed by atoms with Crippen LogP contribution in [0.4, 0.5) is 0 Å². The van der Waals surface area contributed by atoms with Gasteiger partial charge in [-0.05, 0) is 65.1 Å². The van der Waals surface area contributed by atoms with Crippen LogP contribution in [0, 0.1) is 0 Å². The van der Waals surface area contributed by atoms with Gasteiger partial charge in [-0.15, -0.1) is 0 Å². The zero-order chi connectivity index (χ0) is 24.2. The number of halogens is 2. The molecule has 0 aliphatic carbocycles. The van der Waals surface area contributed by atoms with Crippen molar-refractivity contribution in [3.05, 3.63) is 118 Å². The zero-order valence-electron chi connectivity index (χ0n) is 18.9. The molecule has 0 spiro atoms. The fourth-order valence-electron chi connectivity index (χ4n) is 4.11. The summed E-state index contributed by atoms with van der Waals surface area (Å²) in [7, 11) is 0. The molecule has 0 saturated heterocycles. The first kappa shape index (κ1) is 23.3. The first-order valence-electron chi connectivity index (χ1n) is 11.3. The average Bonchev–Trinajstić information content (AvgIpc) is 3.36. The van der Waals surface area contributed by atoms with Gasteiger partial charge in [0, 0.05) is 28.7 Å². The summed E-state index contributed by atoms with van der Waals surface area (Å²) in [6.07, 6.45) is 0.606. The minimum Gasteiger partial charge on any atom is -0.454 e. The molecule has 0 bridgehead atoms. The molecule has 4 nitrogen and oxygen atoms in total. The van der Waals surface area contributed by atoms with Crippen LogP contribution in [0.15, 0.2) is 91.0 Å². The predicted octanol–water partition coefficient (Wildman–Crippen LogP) is 7.27. The van der Waals surface area contributed by atoms with Gasteiger partial charge in [0.1, 0.15) is 0 Å². The maximum absolute atomic E-state index is 13.6. The van der Waals surface area contributed by atoms with Crippen molar-refractivity contribution in [2.75, 3.05) is 13.3 Å². The van der Waals surface area contributed by atoms with Crippen molar-refractivity contribution >= 4 is 29.1 Å². The number of hydrogen-bond donors (Lipinski definition) is 0. The predicted molar refractivity (Wildman–Crippen MR) is 139 cm³/mol. The van der Waals surface area contributed by atoms with Crippen LogP contribution in [0.25, 0.3) is 11.1 Å². The maximum Gasteiger partial charge on any atom is 0.254 e. The molecule has 0 saturated carbocycles. The van der Waals surface area contributed by atoms with Gasteiger partial charge in [-0.1, -0.05) is 77.8 Å². The van der Waals surface area contributed by atoms with E-state index in [2.05, 4.69) is 12.1 Å². The standard InChI is InChI=1S/C29H23Cl2NO3/c30-25-12-11-23(26(31)17-25)14-15-32(18-20-6-13-27-28(16-20)35-19-34-27)29(33)24-9-7-22(8-10-24)21-4-2-1-3-5-21/h1-13,16-17H,14-15,18-19H2. The molecule has 1 amide bonds. The molecule has 35 heavy (non-hydrogen) atoms. The van der Waals surface area contributed by atoms with E-state index >= 15 is 0 Å². The van der Waals surface area contributed by atoms with Gasteiger partial charge in [0.2, 0.25) is 6.79 Å². The summed E-state index contributed by atoms with van der Waals surface area (Å²) in [6, 6.07) is 29.0. The number of ether oxygens (including phenoxy) is 2. The summed E-state index contributed by atoms with van der Waals surface area (Å²) in [5.41, 5.74) is 4.72. The first-order chi connectivity index (χ1) is 17.1. The highest BCUT2D eigenvalue weighted by Crippen LogP contribution is 2.33. The summed E-state index contributed by atoms with van der Waals surface area (Å²) in [5, 5.41) is 1.19. The second-order valence-corrected chi connectivity index (χ2v) is 9.19. The molecular weight excluding hydrogens is 481 g/mol. The van der Waals surface area contributed by atoms with Crippen LogP contribution in [-0.4, -0.2) is 24.1 Å². The summed E-state index contributed by atoms with van der Waals surface area (Å²) in [6.45, 7) is 1.14. The molecular formula is C29H23Cl2NO3. The molecule has 0 N–H and O–H groups in total. The smallest absolute Gasteiger partial charge is 0.254 e. The first-order valence-corrected chi connectivity index (χ1v) is 12.1. The van der Waals surface area contributed by atoms with Crippen molar-refractivity contribution in [1.82, 2.24) is 4.90 Å². The largest absolute Gasteiger partial charge is 0.454 e. The van der Waals surface area contributed by atoms with Gasteiger partial charge < -0.3 is 14.4 Å². The van der Waals surface area contributed by atoms with E-state index < -0.39 is 0 Å². The number of nitrogens with zero attached hydrogens (tertiary/aromatic N) is 1. The second kappa shape index (κ2) is 10.4. The summed E-state index contributed by atoms with van der Waals surface area (Å²) >= 11 is 12.4. The molecule has 0 atom stereocenters. The Hall–Kier alpha value is -3.47. The topological polar surface area (TPSA) is 38.8 Å². The number of benzene rings is 4. The van der Waals surface area contributed by atoms with Gasteiger partial charge in [-0.25, -0.2) is 0 Å². The number of carbonyl (C=O) groups excluding carboxylic acids is 1. The minimum absolute atomic E-state index is 0.0487. The van der Waals surface area contributed by atoms with Crippen LogP contribution >= 0.6 is 23.2 Å². The number of fused-ring (bicyclic) bond motifs is 1. The third kappa shape index (κ3) is 5.45. The lowest BCUT2D eigenvalue weighted by Gasteiger charge is -2.24. The molecule has 0 unspecified atom stereocenters. The van der Waals surface area contributed by atoms with Crippen LogP contribution < -0.4 is 9.47 Å². The number of hydrogen-bond acceptors (Lipinski definition) is 3. The lowest BCUT2D eigenvalue weighted by atomic mass is 10.0. The van der Waals surface area contributed by atoms with Gasteiger partial charge >= 0.3 is 0 Å². The Morgan fingerprint density at radius 3 is 2.31 bits per heavy atom. The molecule has 0 fully saturated rings. The Kier molecular flexibility index (Phi) is 6.94. The van der Waals surface area contributed by atoms with E-state index in [1.807, 2.05) is 77.7 Å². The molecule has 4 aromatic rings. The SMILES string of the molecule is O=C(c1ccc(-c2ccccc2)cc1)N(CCc1ccc(Cl)cc1Cl)Cc1ccc2c(c1)OCO2. The van der Waals surface area contributed by atoms with E-state index in [9.17, 15) is 4.79 Å². The highest BCUT2D eigenvalue weighted by atomic mass is 35.5. The molecule has 5 rings (SSSR count). The number of amides is 1. The van der Waals surface area contributed by atoms with Crippen molar-refractivity contribution < 1.29 is 14.3 Å². The molecule has 1 aliphatic heterocycles. The second-order valence-electron chi connectivity index (χ2n) is 8.34. The van der Waals surface area contributed by atoms with E-state index in [4.69, 9.17) is 32.7 Å². The highest BCUT2D eigenvalue weighted by Gasteiger charge is 2.19. The summed E-state index contributed by atoms with van der Waals surface area (Å²) in [5.74, 6) is 1.37. The number of carbonyl (C=O) groups is 1. The Labute approximate surface area is 214 Å². The molecule has 1 heterocycles. The molecule has 4 aromatic carbocycles. The fraction of sp³-hybridized carbons (Fsp3) is 0.138. The van der Waals surface area contributed by atoms with E-state index in [0.717, 1.165) is 28.0 Å². The lowest BCUT2D eigenvalue weighted by molar-refractivity contribution is 0.0745. The molecule has 176 valence electrons. The van der Waals surface area contributed by atoms with Crippen LogP contribution in [-0.2, 0) is 13.0 Å². The van der Waals surface area contributed by atoms with E-state index in [-0.39, 0.29) is 12.7 Å². The van der Waals surface area contributed by atoms with Crippen LogP contribution in [0.2, 0.25) is 10.0 Å². The highest BCUT2D eigenvalue weighted by molar-refractivity contribution is 6.35. The Morgan fingerprint density at radius 2 is 1.54 bits per heavy atom. The van der Waals surface area contributed by atoms with E-state index in [1.165, 1.54) is 0 Å². The van der Waals surface area contributed by atoms with Crippen molar-refractivity contribution in [1.29, 1.82) is 0 Å². The minimum atomic E-state index is -0.0487. The molecule has 1 aliphatic rings. The average molecular weight is 504 g/mol. The van der Waals surface area contributed by atoms with Crippen molar-refractivity contribution in [3.8, 4) is 22.6 Å². The van der Waals surface area contributed by atoms with E-state index in [0.29, 0.717) is 40.9 Å². The number of rotatable bonds is 7. The quantitative estimate of drug-likeness (QED) is 0.266. The van der Waals surface area contributed by atoms with Gasteiger partial charge in [0.15, 0.2) is 11.5 Å².